The topological polar surface area (TPSA) is 84.5 Å². The predicted octanol–water partition coefficient (Wildman–Crippen LogP) is 4.59. The standard InChI is InChI=1S/C23H24N2O4S/c1-3-22(29-20-13-9-17(2)10-14-20)23(26)24-18-11-15-21(16-12-18)30(27,28)25-19-7-5-4-6-8-19/h4-16,22,25H,3H2,1-2H3,(H,24,26)/t22-/m1/s1. The van der Waals surface area contributed by atoms with Crippen LogP contribution >= 0.6 is 0 Å². The van der Waals surface area contributed by atoms with E-state index in [2.05, 4.69) is 10.0 Å². The summed E-state index contributed by atoms with van der Waals surface area (Å²) in [4.78, 5) is 12.7. The van der Waals surface area contributed by atoms with Gasteiger partial charge in [-0.3, -0.25) is 9.52 Å². The van der Waals surface area contributed by atoms with Gasteiger partial charge in [-0.25, -0.2) is 8.42 Å². The number of ether oxygens (including phenoxy) is 1. The van der Waals surface area contributed by atoms with Gasteiger partial charge in [0.2, 0.25) is 0 Å². The molecule has 6 nitrogen and oxygen atoms in total. The molecule has 7 heteroatoms. The zero-order chi connectivity index (χ0) is 21.6. The Morgan fingerprint density at radius 1 is 0.900 bits per heavy atom. The molecule has 0 radical (unpaired) electrons. The number of nitrogens with one attached hydrogen (secondary N) is 2. The van der Waals surface area contributed by atoms with Crippen LogP contribution in [0.1, 0.15) is 18.9 Å². The third kappa shape index (κ3) is 5.61. The number of para-hydroxylation sites is 1. The molecular formula is C23H24N2O4S. The summed E-state index contributed by atoms with van der Waals surface area (Å²) in [6, 6.07) is 22.1. The summed E-state index contributed by atoms with van der Waals surface area (Å²) in [5.74, 6) is 0.326. The quantitative estimate of drug-likeness (QED) is 0.554. The summed E-state index contributed by atoms with van der Waals surface area (Å²) in [6.07, 6.45) is -0.163. The van der Waals surface area contributed by atoms with Gasteiger partial charge in [0.15, 0.2) is 6.10 Å². The van der Waals surface area contributed by atoms with Crippen molar-refractivity contribution in [2.75, 3.05) is 10.0 Å². The van der Waals surface area contributed by atoms with Gasteiger partial charge in [0.25, 0.3) is 15.9 Å². The van der Waals surface area contributed by atoms with Crippen molar-refractivity contribution in [3.63, 3.8) is 0 Å². The average molecular weight is 425 g/mol. The van der Waals surface area contributed by atoms with Gasteiger partial charge in [-0.05, 0) is 61.9 Å². The van der Waals surface area contributed by atoms with E-state index in [4.69, 9.17) is 4.74 Å². The van der Waals surface area contributed by atoms with Crippen LogP contribution in [0.15, 0.2) is 83.8 Å². The minimum atomic E-state index is -3.71. The van der Waals surface area contributed by atoms with Gasteiger partial charge in [0.05, 0.1) is 4.90 Å². The minimum absolute atomic E-state index is 0.104. The van der Waals surface area contributed by atoms with Crippen molar-refractivity contribution < 1.29 is 17.9 Å². The summed E-state index contributed by atoms with van der Waals surface area (Å²) in [6.45, 7) is 3.84. The maximum absolute atomic E-state index is 12.6. The monoisotopic (exact) mass is 424 g/mol. The predicted molar refractivity (Wildman–Crippen MR) is 118 cm³/mol. The largest absolute Gasteiger partial charge is 0.481 e. The highest BCUT2D eigenvalue weighted by Crippen LogP contribution is 2.19. The van der Waals surface area contributed by atoms with Gasteiger partial charge in [0, 0.05) is 11.4 Å². The Hall–Kier alpha value is -3.32. The number of amides is 1. The first-order valence-electron chi connectivity index (χ1n) is 9.59. The fourth-order valence-electron chi connectivity index (χ4n) is 2.76. The van der Waals surface area contributed by atoms with Crippen LogP contribution in [0.2, 0.25) is 0 Å². The summed E-state index contributed by atoms with van der Waals surface area (Å²) >= 11 is 0. The van der Waals surface area contributed by atoms with E-state index in [0.717, 1.165) is 5.56 Å². The molecule has 0 saturated carbocycles. The van der Waals surface area contributed by atoms with E-state index in [0.29, 0.717) is 23.5 Å². The van der Waals surface area contributed by atoms with Gasteiger partial charge in [-0.1, -0.05) is 42.8 Å². The molecule has 0 spiro atoms. The van der Waals surface area contributed by atoms with Gasteiger partial charge < -0.3 is 10.1 Å². The Kier molecular flexibility index (Phi) is 6.74. The number of rotatable bonds is 8. The number of carbonyl (C=O) groups excluding carboxylic acids is 1. The lowest BCUT2D eigenvalue weighted by Gasteiger charge is -2.17. The number of anilines is 2. The summed E-state index contributed by atoms with van der Waals surface area (Å²) in [5, 5.41) is 2.77. The van der Waals surface area contributed by atoms with E-state index in [9.17, 15) is 13.2 Å². The molecule has 30 heavy (non-hydrogen) atoms. The van der Waals surface area contributed by atoms with E-state index in [1.165, 1.54) is 12.1 Å². The molecule has 0 aliphatic heterocycles. The summed E-state index contributed by atoms with van der Waals surface area (Å²) in [5.41, 5.74) is 2.08. The van der Waals surface area contributed by atoms with Crippen LogP contribution in [0.5, 0.6) is 5.75 Å². The molecule has 0 aliphatic carbocycles. The molecule has 0 heterocycles. The van der Waals surface area contributed by atoms with E-state index in [-0.39, 0.29) is 10.8 Å². The van der Waals surface area contributed by atoms with Gasteiger partial charge in [-0.15, -0.1) is 0 Å². The van der Waals surface area contributed by atoms with Crippen LogP contribution in [0.4, 0.5) is 11.4 Å². The molecular weight excluding hydrogens is 400 g/mol. The van der Waals surface area contributed by atoms with Crippen LogP contribution in [0.25, 0.3) is 0 Å². The van der Waals surface area contributed by atoms with E-state index < -0.39 is 16.1 Å². The fraction of sp³-hybridized carbons (Fsp3) is 0.174. The molecule has 2 N–H and O–H groups in total. The third-order valence-corrected chi connectivity index (χ3v) is 5.82. The van der Waals surface area contributed by atoms with Crippen molar-refractivity contribution in [3.05, 3.63) is 84.4 Å². The lowest BCUT2D eigenvalue weighted by molar-refractivity contribution is -0.122. The highest BCUT2D eigenvalue weighted by Gasteiger charge is 2.19. The highest BCUT2D eigenvalue weighted by atomic mass is 32.2. The van der Waals surface area contributed by atoms with E-state index in [1.54, 1.807) is 42.5 Å². The first-order chi connectivity index (χ1) is 14.4. The van der Waals surface area contributed by atoms with Crippen LogP contribution in [0, 0.1) is 6.92 Å². The molecule has 0 aromatic heterocycles. The number of hydrogen-bond acceptors (Lipinski definition) is 4. The van der Waals surface area contributed by atoms with Gasteiger partial charge in [0.1, 0.15) is 5.75 Å². The molecule has 0 aliphatic rings. The molecule has 3 rings (SSSR count). The Balaban J connectivity index is 1.65. The highest BCUT2D eigenvalue weighted by molar-refractivity contribution is 7.92. The molecule has 0 bridgehead atoms. The van der Waals surface area contributed by atoms with E-state index in [1.807, 2.05) is 38.1 Å². The Bertz CT molecular complexity index is 1080. The molecule has 0 fully saturated rings. The average Bonchev–Trinajstić information content (AvgIpc) is 2.74. The molecule has 0 unspecified atom stereocenters. The van der Waals surface area contributed by atoms with Crippen LogP contribution in [0.3, 0.4) is 0 Å². The number of carbonyl (C=O) groups is 1. The van der Waals surface area contributed by atoms with E-state index >= 15 is 0 Å². The van der Waals surface area contributed by atoms with Crippen molar-refractivity contribution in [1.82, 2.24) is 0 Å². The second kappa shape index (κ2) is 9.45. The SMILES string of the molecule is CC[C@@H](Oc1ccc(C)cc1)C(=O)Nc1ccc(S(=O)(=O)Nc2ccccc2)cc1. The number of hydrogen-bond donors (Lipinski definition) is 2. The Morgan fingerprint density at radius 3 is 2.13 bits per heavy atom. The molecule has 3 aromatic rings. The summed E-state index contributed by atoms with van der Waals surface area (Å²) < 4.78 is 33.3. The second-order valence-corrected chi connectivity index (χ2v) is 8.50. The van der Waals surface area contributed by atoms with Crippen LogP contribution in [-0.4, -0.2) is 20.4 Å². The maximum atomic E-state index is 12.6. The van der Waals surface area contributed by atoms with Crippen molar-refractivity contribution >= 4 is 27.3 Å². The van der Waals surface area contributed by atoms with Crippen LogP contribution < -0.4 is 14.8 Å². The van der Waals surface area contributed by atoms with Gasteiger partial charge in [-0.2, -0.15) is 0 Å². The number of benzene rings is 3. The lowest BCUT2D eigenvalue weighted by Crippen LogP contribution is -2.32. The molecule has 0 saturated heterocycles. The van der Waals surface area contributed by atoms with Crippen molar-refractivity contribution in [3.8, 4) is 5.75 Å². The number of sulfonamides is 1. The van der Waals surface area contributed by atoms with Gasteiger partial charge >= 0.3 is 0 Å². The molecule has 3 aromatic carbocycles. The Morgan fingerprint density at radius 2 is 1.53 bits per heavy atom. The third-order valence-electron chi connectivity index (χ3n) is 4.42. The summed E-state index contributed by atoms with van der Waals surface area (Å²) in [7, 11) is -3.71. The molecule has 1 amide bonds. The molecule has 156 valence electrons. The number of aryl methyl sites for hydroxylation is 1. The zero-order valence-corrected chi connectivity index (χ0v) is 17.6. The maximum Gasteiger partial charge on any atom is 0.265 e. The van der Waals surface area contributed by atoms with Crippen molar-refractivity contribution in [1.29, 1.82) is 0 Å². The van der Waals surface area contributed by atoms with Crippen molar-refractivity contribution in [2.24, 2.45) is 0 Å². The zero-order valence-electron chi connectivity index (χ0n) is 16.8. The first kappa shape index (κ1) is 21.4. The first-order valence-corrected chi connectivity index (χ1v) is 11.1. The fourth-order valence-corrected chi connectivity index (χ4v) is 3.82. The Labute approximate surface area is 177 Å². The smallest absolute Gasteiger partial charge is 0.265 e. The minimum Gasteiger partial charge on any atom is -0.481 e. The second-order valence-electron chi connectivity index (χ2n) is 6.81. The van der Waals surface area contributed by atoms with Crippen LogP contribution in [-0.2, 0) is 14.8 Å². The lowest BCUT2D eigenvalue weighted by atomic mass is 10.2. The molecule has 1 atom stereocenters. The normalized spacial score (nSPS) is 12.1. The van der Waals surface area contributed by atoms with Crippen molar-refractivity contribution in [2.45, 2.75) is 31.3 Å².